The molecule has 35 heavy (non-hydrogen) atoms. The van der Waals surface area contributed by atoms with E-state index in [9.17, 15) is 37.2 Å². The standard InChI is InChI=1S/C24H30F4N4O3/c1-21(2)14-11-32(19(34)15(9-22(25)3-4-22)30-20(35)24(26,27)28)17(16(14)21)13(10-29)7-12-8-23(5-6-23)31-18(12)33/h12-17H,3-9,11H2,1-2H3,(H,30,35)(H,31,33). The third-order valence-corrected chi connectivity index (χ3v) is 9.13. The highest BCUT2D eigenvalue weighted by atomic mass is 19.4. The van der Waals surface area contributed by atoms with Crippen molar-refractivity contribution in [2.45, 2.75) is 88.3 Å². The van der Waals surface area contributed by atoms with Gasteiger partial charge in [-0.05, 0) is 55.8 Å². The summed E-state index contributed by atoms with van der Waals surface area (Å²) >= 11 is 0. The smallest absolute Gasteiger partial charge is 0.350 e. The summed E-state index contributed by atoms with van der Waals surface area (Å²) in [7, 11) is 0. The average Bonchev–Trinajstić information content (AvgIpc) is 3.68. The Morgan fingerprint density at radius 2 is 1.91 bits per heavy atom. The van der Waals surface area contributed by atoms with Gasteiger partial charge in [0, 0.05) is 24.4 Å². The summed E-state index contributed by atoms with van der Waals surface area (Å²) in [5.41, 5.74) is -2.10. The van der Waals surface area contributed by atoms with Crippen molar-refractivity contribution in [2.75, 3.05) is 6.54 Å². The van der Waals surface area contributed by atoms with Gasteiger partial charge < -0.3 is 15.5 Å². The number of hydrogen-bond acceptors (Lipinski definition) is 4. The van der Waals surface area contributed by atoms with Crippen LogP contribution in [-0.4, -0.2) is 58.6 Å². The van der Waals surface area contributed by atoms with Crippen molar-refractivity contribution in [1.29, 1.82) is 5.26 Å². The number of amides is 3. The number of alkyl halides is 4. The number of likely N-dealkylation sites (tertiary alicyclic amines) is 1. The average molecular weight is 499 g/mol. The molecule has 0 radical (unpaired) electrons. The lowest BCUT2D eigenvalue weighted by molar-refractivity contribution is -0.175. The van der Waals surface area contributed by atoms with Gasteiger partial charge in [-0.15, -0.1) is 0 Å². The fraction of sp³-hybridized carbons (Fsp3) is 0.833. The number of rotatable bonds is 7. The molecule has 5 aliphatic rings. The van der Waals surface area contributed by atoms with Gasteiger partial charge in [-0.25, -0.2) is 4.39 Å². The first kappa shape index (κ1) is 24.3. The van der Waals surface area contributed by atoms with E-state index in [0.29, 0.717) is 6.42 Å². The second-order valence-electron chi connectivity index (χ2n) is 12.0. The third-order valence-electron chi connectivity index (χ3n) is 9.13. The van der Waals surface area contributed by atoms with Crippen LogP contribution in [0.5, 0.6) is 0 Å². The number of nitriles is 1. The van der Waals surface area contributed by atoms with Crippen molar-refractivity contribution in [3.8, 4) is 6.07 Å². The normalized spacial score (nSPS) is 34.4. The molecule has 0 aromatic carbocycles. The van der Waals surface area contributed by atoms with Gasteiger partial charge in [-0.2, -0.15) is 18.4 Å². The first-order valence-corrected chi connectivity index (χ1v) is 12.3. The summed E-state index contributed by atoms with van der Waals surface area (Å²) in [6.45, 7) is 4.28. The van der Waals surface area contributed by atoms with E-state index in [4.69, 9.17) is 0 Å². The van der Waals surface area contributed by atoms with Crippen LogP contribution in [-0.2, 0) is 14.4 Å². The molecule has 5 rings (SSSR count). The van der Waals surface area contributed by atoms with Crippen LogP contribution in [0.4, 0.5) is 17.6 Å². The van der Waals surface area contributed by atoms with Gasteiger partial charge in [0.25, 0.3) is 0 Å². The molecule has 1 spiro atoms. The number of carbonyl (C=O) groups is 3. The van der Waals surface area contributed by atoms with E-state index >= 15 is 0 Å². The van der Waals surface area contributed by atoms with Crippen LogP contribution >= 0.6 is 0 Å². The number of piperidine rings is 1. The third kappa shape index (κ3) is 4.27. The largest absolute Gasteiger partial charge is 0.471 e. The highest BCUT2D eigenvalue weighted by Gasteiger charge is 2.69. The zero-order valence-corrected chi connectivity index (χ0v) is 19.8. The molecular formula is C24H30F4N4O3. The molecule has 0 bridgehead atoms. The van der Waals surface area contributed by atoms with E-state index in [1.54, 1.807) is 5.32 Å². The maximum atomic E-state index is 14.6. The molecule has 6 atom stereocenters. The van der Waals surface area contributed by atoms with Crippen LogP contribution in [0.25, 0.3) is 0 Å². The van der Waals surface area contributed by atoms with Crippen LogP contribution in [0.15, 0.2) is 0 Å². The predicted molar refractivity (Wildman–Crippen MR) is 114 cm³/mol. The molecule has 192 valence electrons. The van der Waals surface area contributed by atoms with E-state index in [2.05, 4.69) is 11.4 Å². The van der Waals surface area contributed by atoms with Crippen molar-refractivity contribution in [1.82, 2.24) is 15.5 Å². The zero-order valence-electron chi connectivity index (χ0n) is 19.8. The number of carbonyl (C=O) groups excluding carboxylic acids is 3. The molecular weight excluding hydrogens is 468 g/mol. The minimum atomic E-state index is -5.20. The van der Waals surface area contributed by atoms with Gasteiger partial charge in [-0.3, -0.25) is 14.4 Å². The molecule has 2 heterocycles. The minimum Gasteiger partial charge on any atom is -0.350 e. The molecule has 3 aliphatic carbocycles. The Morgan fingerprint density at radius 1 is 1.26 bits per heavy atom. The highest BCUT2D eigenvalue weighted by Crippen LogP contribution is 2.66. The Hall–Kier alpha value is -2.38. The summed E-state index contributed by atoms with van der Waals surface area (Å²) in [6.07, 6.45) is -2.78. The summed E-state index contributed by atoms with van der Waals surface area (Å²) in [4.78, 5) is 39.1. The first-order chi connectivity index (χ1) is 16.2. The Labute approximate surface area is 201 Å². The molecule has 6 unspecified atom stereocenters. The molecule has 2 N–H and O–H groups in total. The lowest BCUT2D eigenvalue weighted by atomic mass is 9.83. The molecule has 5 fully saturated rings. The van der Waals surface area contributed by atoms with Gasteiger partial charge >= 0.3 is 12.1 Å². The molecule has 7 nitrogen and oxygen atoms in total. The number of nitrogens with one attached hydrogen (secondary N) is 2. The van der Waals surface area contributed by atoms with Crippen LogP contribution in [0.3, 0.4) is 0 Å². The molecule has 0 aromatic rings. The number of hydrogen-bond donors (Lipinski definition) is 2. The quantitative estimate of drug-likeness (QED) is 0.527. The van der Waals surface area contributed by atoms with Crippen molar-refractivity contribution < 1.29 is 31.9 Å². The number of fused-ring (bicyclic) bond motifs is 1. The maximum absolute atomic E-state index is 14.6. The molecule has 0 aromatic heterocycles. The van der Waals surface area contributed by atoms with Crippen LogP contribution in [0.2, 0.25) is 0 Å². The molecule has 2 aliphatic heterocycles. The molecule has 11 heteroatoms. The van der Waals surface area contributed by atoms with Gasteiger partial charge in [0.2, 0.25) is 11.8 Å². The van der Waals surface area contributed by atoms with Crippen molar-refractivity contribution in [3.05, 3.63) is 0 Å². The van der Waals surface area contributed by atoms with Gasteiger partial charge in [0.05, 0.1) is 18.0 Å². The summed E-state index contributed by atoms with van der Waals surface area (Å²) in [6, 6.07) is 0.00401. The van der Waals surface area contributed by atoms with E-state index in [1.165, 1.54) is 4.90 Å². The minimum absolute atomic E-state index is 0.0466. The molecule has 2 saturated heterocycles. The lowest BCUT2D eigenvalue weighted by Gasteiger charge is -2.36. The highest BCUT2D eigenvalue weighted by molar-refractivity contribution is 5.90. The first-order valence-electron chi connectivity index (χ1n) is 12.3. The Balaban J connectivity index is 1.37. The van der Waals surface area contributed by atoms with Crippen LogP contribution in [0, 0.1) is 40.4 Å². The SMILES string of the molecule is CC1(C)C2CN(C(=O)C(CC3(F)CC3)NC(=O)C(F)(F)F)C(C(C#N)CC3CC4(CC4)NC3=O)C21. The fourth-order valence-corrected chi connectivity index (χ4v) is 6.62. The summed E-state index contributed by atoms with van der Waals surface area (Å²) in [5.74, 6) is -4.21. The second-order valence-corrected chi connectivity index (χ2v) is 12.0. The molecule has 3 saturated carbocycles. The van der Waals surface area contributed by atoms with Crippen LogP contribution < -0.4 is 10.6 Å². The summed E-state index contributed by atoms with van der Waals surface area (Å²) in [5, 5.41) is 14.8. The van der Waals surface area contributed by atoms with Gasteiger partial charge in [-0.1, -0.05) is 13.8 Å². The van der Waals surface area contributed by atoms with Gasteiger partial charge in [0.15, 0.2) is 0 Å². The van der Waals surface area contributed by atoms with E-state index in [0.717, 1.165) is 12.8 Å². The Bertz CT molecular complexity index is 998. The Kier molecular flexibility index (Phi) is 5.25. The lowest BCUT2D eigenvalue weighted by Crippen LogP contribution is -2.56. The van der Waals surface area contributed by atoms with Crippen molar-refractivity contribution >= 4 is 17.7 Å². The van der Waals surface area contributed by atoms with Gasteiger partial charge in [0.1, 0.15) is 11.7 Å². The van der Waals surface area contributed by atoms with E-state index in [1.807, 2.05) is 13.8 Å². The zero-order chi connectivity index (χ0) is 25.6. The topological polar surface area (TPSA) is 102 Å². The molecule has 3 amide bonds. The maximum Gasteiger partial charge on any atom is 0.471 e. The number of nitrogens with zero attached hydrogens (tertiary/aromatic N) is 2. The second kappa shape index (κ2) is 7.56. The van der Waals surface area contributed by atoms with Crippen molar-refractivity contribution in [3.63, 3.8) is 0 Å². The van der Waals surface area contributed by atoms with E-state index < -0.39 is 48.1 Å². The van der Waals surface area contributed by atoms with Crippen molar-refractivity contribution in [2.24, 2.45) is 29.1 Å². The fourth-order valence-electron chi connectivity index (χ4n) is 6.62. The summed E-state index contributed by atoms with van der Waals surface area (Å²) < 4.78 is 53.4. The van der Waals surface area contributed by atoms with Crippen LogP contribution in [0.1, 0.15) is 58.8 Å². The monoisotopic (exact) mass is 498 g/mol. The Morgan fingerprint density at radius 3 is 2.43 bits per heavy atom. The predicted octanol–water partition coefficient (Wildman–Crippen LogP) is 2.61. The number of halogens is 4. The van der Waals surface area contributed by atoms with E-state index in [-0.39, 0.29) is 60.4 Å².